The number of alkyl halides is 1. The fraction of sp³-hybridized carbons (Fsp3) is 0.200. The molecule has 0 radical (unpaired) electrons. The minimum absolute atomic E-state index is 0.434. The molecular formula is C10H9BrClN3. The minimum atomic E-state index is 0.434. The number of rotatable bonds is 3. The predicted molar refractivity (Wildman–Crippen MR) is 62.8 cm³/mol. The van der Waals surface area contributed by atoms with E-state index in [1.54, 1.807) is 10.9 Å². The van der Waals surface area contributed by atoms with E-state index in [4.69, 9.17) is 11.6 Å². The highest BCUT2D eigenvalue weighted by molar-refractivity contribution is 9.10. The van der Waals surface area contributed by atoms with E-state index in [0.29, 0.717) is 12.4 Å². The zero-order chi connectivity index (χ0) is 10.7. The number of hydrogen-bond acceptors (Lipinski definition) is 2. The summed E-state index contributed by atoms with van der Waals surface area (Å²) in [7, 11) is 0. The van der Waals surface area contributed by atoms with E-state index in [0.717, 1.165) is 10.2 Å². The lowest BCUT2D eigenvalue weighted by Crippen LogP contribution is -2.05. The number of nitrogens with zero attached hydrogens (tertiary/aromatic N) is 3. The summed E-state index contributed by atoms with van der Waals surface area (Å²) in [6.07, 6.45) is 1.69. The molecule has 0 aliphatic heterocycles. The Morgan fingerprint density at radius 2 is 2.00 bits per heavy atom. The van der Waals surface area contributed by atoms with Crippen molar-refractivity contribution in [3.63, 3.8) is 0 Å². The monoisotopic (exact) mass is 285 g/mol. The Balaban J connectivity index is 2.18. The first-order chi connectivity index (χ1) is 7.29. The second kappa shape index (κ2) is 4.77. The van der Waals surface area contributed by atoms with Crippen LogP contribution in [0.3, 0.4) is 0 Å². The zero-order valence-electron chi connectivity index (χ0n) is 7.90. The summed E-state index contributed by atoms with van der Waals surface area (Å²) in [5.41, 5.74) is 2.11. The first kappa shape index (κ1) is 10.6. The van der Waals surface area contributed by atoms with E-state index in [9.17, 15) is 0 Å². The molecule has 1 aromatic heterocycles. The lowest BCUT2D eigenvalue weighted by Gasteiger charge is -2.03. The maximum absolute atomic E-state index is 5.76. The van der Waals surface area contributed by atoms with E-state index >= 15 is 0 Å². The van der Waals surface area contributed by atoms with Gasteiger partial charge in [0.15, 0.2) is 0 Å². The molecule has 78 valence electrons. The van der Waals surface area contributed by atoms with Crippen LogP contribution in [-0.4, -0.2) is 15.0 Å². The van der Waals surface area contributed by atoms with Crippen molar-refractivity contribution in [3.8, 4) is 0 Å². The molecule has 0 saturated carbocycles. The van der Waals surface area contributed by atoms with E-state index in [1.807, 2.05) is 24.3 Å². The summed E-state index contributed by atoms with van der Waals surface area (Å²) in [6, 6.07) is 8.10. The van der Waals surface area contributed by atoms with Gasteiger partial charge < -0.3 is 0 Å². The third kappa shape index (κ3) is 2.58. The van der Waals surface area contributed by atoms with Gasteiger partial charge >= 0.3 is 0 Å². The molecule has 2 aromatic rings. The molecule has 0 aliphatic rings. The van der Waals surface area contributed by atoms with Crippen molar-refractivity contribution in [3.05, 3.63) is 46.2 Å². The lowest BCUT2D eigenvalue weighted by molar-refractivity contribution is 0.630. The van der Waals surface area contributed by atoms with Gasteiger partial charge in [0, 0.05) is 4.47 Å². The van der Waals surface area contributed by atoms with E-state index in [1.165, 1.54) is 5.56 Å². The second-order valence-electron chi connectivity index (χ2n) is 3.14. The maximum atomic E-state index is 5.76. The largest absolute Gasteiger partial charge is 0.244 e. The Labute approximate surface area is 101 Å². The van der Waals surface area contributed by atoms with Crippen LogP contribution in [0.4, 0.5) is 0 Å². The normalized spacial score (nSPS) is 10.5. The molecule has 0 N–H and O–H groups in total. The smallest absolute Gasteiger partial charge is 0.0738 e. The van der Waals surface area contributed by atoms with E-state index in [-0.39, 0.29) is 0 Å². The average Bonchev–Trinajstić information content (AvgIpc) is 2.69. The maximum Gasteiger partial charge on any atom is 0.0738 e. The Bertz CT molecular complexity index is 438. The first-order valence-electron chi connectivity index (χ1n) is 4.47. The average molecular weight is 287 g/mol. The Hall–Kier alpha value is -0.870. The van der Waals surface area contributed by atoms with E-state index in [2.05, 4.69) is 26.2 Å². The molecule has 1 heterocycles. The second-order valence-corrected chi connectivity index (χ2v) is 4.33. The summed E-state index contributed by atoms with van der Waals surface area (Å²) in [4.78, 5) is 0. The molecular weight excluding hydrogens is 277 g/mol. The van der Waals surface area contributed by atoms with Crippen LogP contribution in [0.25, 0.3) is 0 Å². The van der Waals surface area contributed by atoms with Crippen LogP contribution >= 0.6 is 27.5 Å². The molecule has 0 spiro atoms. The number of aromatic nitrogens is 3. The Morgan fingerprint density at radius 1 is 1.27 bits per heavy atom. The zero-order valence-corrected chi connectivity index (χ0v) is 10.2. The van der Waals surface area contributed by atoms with Crippen molar-refractivity contribution in [2.24, 2.45) is 0 Å². The van der Waals surface area contributed by atoms with Gasteiger partial charge in [-0.25, -0.2) is 4.68 Å². The van der Waals surface area contributed by atoms with Gasteiger partial charge in [0.05, 0.1) is 24.3 Å². The molecule has 1 aromatic carbocycles. The first-order valence-corrected chi connectivity index (χ1v) is 5.80. The van der Waals surface area contributed by atoms with Crippen molar-refractivity contribution in [1.29, 1.82) is 0 Å². The highest BCUT2D eigenvalue weighted by Gasteiger charge is 2.02. The standard InChI is InChI=1S/C10H9BrClN3/c11-9-3-1-8(2-4-9)7-15-10(5-12)6-13-14-15/h1-4,6H,5,7H2. The van der Waals surface area contributed by atoms with Gasteiger partial charge in [0.25, 0.3) is 0 Å². The van der Waals surface area contributed by atoms with Crippen molar-refractivity contribution < 1.29 is 0 Å². The number of benzene rings is 1. The Morgan fingerprint density at radius 3 is 2.67 bits per heavy atom. The molecule has 5 heteroatoms. The summed E-state index contributed by atoms with van der Waals surface area (Å²) in [5.74, 6) is 0.434. The highest BCUT2D eigenvalue weighted by Crippen LogP contribution is 2.12. The summed E-state index contributed by atoms with van der Waals surface area (Å²) < 4.78 is 2.87. The van der Waals surface area contributed by atoms with Gasteiger partial charge in [-0.05, 0) is 17.7 Å². The van der Waals surface area contributed by atoms with Crippen LogP contribution < -0.4 is 0 Å². The van der Waals surface area contributed by atoms with Crippen LogP contribution in [0.2, 0.25) is 0 Å². The van der Waals surface area contributed by atoms with Gasteiger partial charge in [-0.3, -0.25) is 0 Å². The van der Waals surface area contributed by atoms with Crippen LogP contribution in [-0.2, 0) is 12.4 Å². The van der Waals surface area contributed by atoms with Gasteiger partial charge in [-0.2, -0.15) is 0 Å². The molecule has 0 unspecified atom stereocenters. The fourth-order valence-corrected chi connectivity index (χ4v) is 1.75. The number of hydrogen-bond donors (Lipinski definition) is 0. The van der Waals surface area contributed by atoms with Crippen LogP contribution in [0.5, 0.6) is 0 Å². The van der Waals surface area contributed by atoms with Crippen molar-refractivity contribution >= 4 is 27.5 Å². The topological polar surface area (TPSA) is 30.7 Å². The van der Waals surface area contributed by atoms with Crippen molar-refractivity contribution in [2.45, 2.75) is 12.4 Å². The van der Waals surface area contributed by atoms with Crippen molar-refractivity contribution in [2.75, 3.05) is 0 Å². The molecule has 0 fully saturated rings. The van der Waals surface area contributed by atoms with Gasteiger partial charge in [-0.15, -0.1) is 16.7 Å². The molecule has 15 heavy (non-hydrogen) atoms. The SMILES string of the molecule is ClCc1cnnn1Cc1ccc(Br)cc1. The Kier molecular flexibility index (Phi) is 3.38. The predicted octanol–water partition coefficient (Wildman–Crippen LogP) is 2.83. The van der Waals surface area contributed by atoms with Crippen LogP contribution in [0.15, 0.2) is 34.9 Å². The summed E-state index contributed by atoms with van der Waals surface area (Å²) in [5, 5.41) is 7.80. The van der Waals surface area contributed by atoms with E-state index < -0.39 is 0 Å². The molecule has 3 nitrogen and oxygen atoms in total. The fourth-order valence-electron chi connectivity index (χ4n) is 1.28. The molecule has 2 rings (SSSR count). The molecule has 0 saturated heterocycles. The molecule has 0 amide bonds. The van der Waals surface area contributed by atoms with Gasteiger partial charge in [0.1, 0.15) is 0 Å². The molecule has 0 atom stereocenters. The van der Waals surface area contributed by atoms with Crippen LogP contribution in [0, 0.1) is 0 Å². The van der Waals surface area contributed by atoms with Gasteiger partial charge in [-0.1, -0.05) is 33.3 Å². The summed E-state index contributed by atoms with van der Waals surface area (Å²) >= 11 is 9.15. The number of halogens is 2. The quantitative estimate of drug-likeness (QED) is 0.812. The molecule has 0 aliphatic carbocycles. The third-order valence-electron chi connectivity index (χ3n) is 2.08. The summed E-state index contributed by atoms with van der Waals surface area (Å²) in [6.45, 7) is 0.704. The highest BCUT2D eigenvalue weighted by atomic mass is 79.9. The van der Waals surface area contributed by atoms with Gasteiger partial charge in [0.2, 0.25) is 0 Å². The molecule has 0 bridgehead atoms. The van der Waals surface area contributed by atoms with Crippen molar-refractivity contribution in [1.82, 2.24) is 15.0 Å². The lowest BCUT2D eigenvalue weighted by atomic mass is 10.2. The van der Waals surface area contributed by atoms with Crippen LogP contribution in [0.1, 0.15) is 11.3 Å². The third-order valence-corrected chi connectivity index (χ3v) is 2.88. The minimum Gasteiger partial charge on any atom is -0.244 e.